The van der Waals surface area contributed by atoms with E-state index in [2.05, 4.69) is 28.1 Å². The second-order valence-corrected chi connectivity index (χ2v) is 6.54. The molecule has 2 fully saturated rings. The zero-order valence-corrected chi connectivity index (χ0v) is 11.0. The van der Waals surface area contributed by atoms with Gasteiger partial charge >= 0.3 is 0 Å². The van der Waals surface area contributed by atoms with Gasteiger partial charge in [-0.2, -0.15) is 0 Å². The van der Waals surface area contributed by atoms with E-state index in [1.54, 1.807) is 0 Å². The van der Waals surface area contributed by atoms with Crippen LogP contribution in [0.5, 0.6) is 0 Å². The van der Waals surface area contributed by atoms with Crippen LogP contribution < -0.4 is 0 Å². The van der Waals surface area contributed by atoms with Crippen molar-refractivity contribution in [2.75, 3.05) is 34.4 Å². The molecule has 0 aromatic heterocycles. The molecule has 0 radical (unpaired) electrons. The van der Waals surface area contributed by atoms with Gasteiger partial charge in [0.05, 0.1) is 27.7 Å². The normalized spacial score (nSPS) is 44.0. The lowest BCUT2D eigenvalue weighted by molar-refractivity contribution is -1.03. The summed E-state index contributed by atoms with van der Waals surface area (Å²) in [6.45, 7) is 5.06. The third-order valence-corrected chi connectivity index (χ3v) is 4.81. The second kappa shape index (κ2) is 3.74. The predicted octanol–water partition coefficient (Wildman–Crippen LogP) is 2.20. The minimum atomic E-state index is 0.940. The van der Waals surface area contributed by atoms with Crippen molar-refractivity contribution in [1.29, 1.82) is 0 Å². The summed E-state index contributed by atoms with van der Waals surface area (Å²) in [5.41, 5.74) is 0. The number of hydrogen-bond donors (Lipinski definition) is 0. The Kier molecular flexibility index (Phi) is 2.85. The smallest absolute Gasteiger partial charge is 0.207 e. The summed E-state index contributed by atoms with van der Waals surface area (Å²) in [5.74, 6) is 0. The van der Waals surface area contributed by atoms with E-state index in [4.69, 9.17) is 0 Å². The third-order valence-electron chi connectivity index (χ3n) is 4.81. The molecule has 2 aliphatic rings. The van der Waals surface area contributed by atoms with Gasteiger partial charge in [-0.1, -0.05) is 6.92 Å². The Morgan fingerprint density at radius 3 is 2.20 bits per heavy atom. The maximum absolute atomic E-state index is 2.50. The molecule has 15 heavy (non-hydrogen) atoms. The summed E-state index contributed by atoms with van der Waals surface area (Å²) in [4.78, 5) is 0. The van der Waals surface area contributed by atoms with Gasteiger partial charge in [-0.15, -0.1) is 0 Å². The molecule has 3 atom stereocenters. The van der Waals surface area contributed by atoms with E-state index in [1.165, 1.54) is 54.3 Å². The fourth-order valence-corrected chi connectivity index (χ4v) is 4.42. The van der Waals surface area contributed by atoms with Crippen LogP contribution in [0.2, 0.25) is 0 Å². The van der Waals surface area contributed by atoms with Gasteiger partial charge in [0.2, 0.25) is 6.67 Å². The molecule has 1 aliphatic carbocycles. The summed E-state index contributed by atoms with van der Waals surface area (Å²) >= 11 is 0. The second-order valence-electron chi connectivity index (χ2n) is 6.54. The van der Waals surface area contributed by atoms with Crippen LogP contribution in [0, 0.1) is 0 Å². The molecule has 1 aliphatic heterocycles. The highest BCUT2D eigenvalue weighted by Gasteiger charge is 2.56. The van der Waals surface area contributed by atoms with Crippen molar-refractivity contribution < 1.29 is 8.97 Å². The van der Waals surface area contributed by atoms with Crippen LogP contribution in [-0.4, -0.2) is 55.4 Å². The summed E-state index contributed by atoms with van der Waals surface area (Å²) in [6.07, 6.45) is 7.21. The molecule has 0 amide bonds. The molecule has 0 N–H and O–H groups in total. The molecule has 0 aromatic carbocycles. The maximum Gasteiger partial charge on any atom is 0.207 e. The SMILES string of the molecule is CCC[N@@+]1(C)C[N+](C)(C)C2CCCCC21. The van der Waals surface area contributed by atoms with Gasteiger partial charge in [0.1, 0.15) is 12.1 Å². The number of fused-ring (bicyclic) bond motifs is 1. The summed E-state index contributed by atoms with van der Waals surface area (Å²) in [5, 5.41) is 0. The van der Waals surface area contributed by atoms with Gasteiger partial charge in [-0.25, -0.2) is 0 Å². The molecule has 1 heterocycles. The lowest BCUT2D eigenvalue weighted by atomic mass is 9.88. The van der Waals surface area contributed by atoms with Gasteiger partial charge in [0.25, 0.3) is 0 Å². The fourth-order valence-electron chi connectivity index (χ4n) is 4.42. The molecule has 2 heteroatoms. The van der Waals surface area contributed by atoms with Gasteiger partial charge in [0, 0.05) is 12.8 Å². The molecule has 2 nitrogen and oxygen atoms in total. The molecule has 1 saturated heterocycles. The van der Waals surface area contributed by atoms with E-state index in [0.717, 1.165) is 12.1 Å². The Morgan fingerprint density at radius 2 is 1.60 bits per heavy atom. The number of hydrogen-bond acceptors (Lipinski definition) is 0. The molecule has 2 unspecified atom stereocenters. The van der Waals surface area contributed by atoms with Crippen molar-refractivity contribution in [2.24, 2.45) is 0 Å². The van der Waals surface area contributed by atoms with Crippen LogP contribution in [0.15, 0.2) is 0 Å². The molecule has 0 bridgehead atoms. The maximum atomic E-state index is 2.50. The lowest BCUT2D eigenvalue weighted by Gasteiger charge is -2.35. The Hall–Kier alpha value is -0.0800. The topological polar surface area (TPSA) is 0 Å². The van der Waals surface area contributed by atoms with E-state index >= 15 is 0 Å². The first kappa shape index (κ1) is 11.4. The van der Waals surface area contributed by atoms with E-state index < -0.39 is 0 Å². The molecule has 0 aromatic rings. The van der Waals surface area contributed by atoms with Gasteiger partial charge < -0.3 is 0 Å². The summed E-state index contributed by atoms with van der Waals surface area (Å²) in [6, 6.07) is 1.89. The zero-order chi connectivity index (χ0) is 11.1. The number of rotatable bonds is 2. The highest BCUT2D eigenvalue weighted by atomic mass is 15.6. The zero-order valence-electron chi connectivity index (χ0n) is 11.0. The van der Waals surface area contributed by atoms with Crippen LogP contribution in [0.3, 0.4) is 0 Å². The highest BCUT2D eigenvalue weighted by Crippen LogP contribution is 2.39. The van der Waals surface area contributed by atoms with Crippen molar-refractivity contribution in [1.82, 2.24) is 0 Å². The standard InChI is InChI=1S/C13H28N2/c1-5-10-15(4)11-14(2,3)12-8-6-7-9-13(12)15/h12-13H,5-11H2,1-4H3/q+2/t12?,13?,15-/m0/s1. The first-order chi connectivity index (χ1) is 6.99. The largest absolute Gasteiger partial charge is 0.275 e. The minimum absolute atomic E-state index is 0.940. The lowest BCUT2D eigenvalue weighted by Crippen LogP contribution is -2.51. The van der Waals surface area contributed by atoms with Crippen LogP contribution in [0.25, 0.3) is 0 Å². The first-order valence-electron chi connectivity index (χ1n) is 6.66. The van der Waals surface area contributed by atoms with Crippen LogP contribution in [0.1, 0.15) is 39.0 Å². The minimum Gasteiger partial charge on any atom is -0.275 e. The molecule has 88 valence electrons. The van der Waals surface area contributed by atoms with Crippen LogP contribution in [-0.2, 0) is 0 Å². The average Bonchev–Trinajstić information content (AvgIpc) is 2.36. The van der Waals surface area contributed by atoms with Crippen molar-refractivity contribution >= 4 is 0 Å². The molecular formula is C13H28N2+2. The van der Waals surface area contributed by atoms with Crippen LogP contribution >= 0.6 is 0 Å². The van der Waals surface area contributed by atoms with E-state index in [9.17, 15) is 0 Å². The van der Waals surface area contributed by atoms with Crippen molar-refractivity contribution in [3.63, 3.8) is 0 Å². The van der Waals surface area contributed by atoms with Crippen molar-refractivity contribution in [3.8, 4) is 0 Å². The fraction of sp³-hybridized carbons (Fsp3) is 1.00. The van der Waals surface area contributed by atoms with Gasteiger partial charge in [-0.05, 0) is 19.3 Å². The van der Waals surface area contributed by atoms with E-state index in [-0.39, 0.29) is 0 Å². The summed E-state index contributed by atoms with van der Waals surface area (Å²) in [7, 11) is 7.39. The number of likely N-dealkylation sites (N-methyl/N-ethyl adjacent to an activating group) is 2. The molecular weight excluding hydrogens is 184 g/mol. The third kappa shape index (κ3) is 1.83. The Bertz CT molecular complexity index is 237. The monoisotopic (exact) mass is 212 g/mol. The summed E-state index contributed by atoms with van der Waals surface area (Å²) < 4.78 is 2.61. The average molecular weight is 212 g/mol. The number of nitrogens with zero attached hydrogens (tertiary/aromatic N) is 2. The predicted molar refractivity (Wildman–Crippen MR) is 64.4 cm³/mol. The van der Waals surface area contributed by atoms with Crippen molar-refractivity contribution in [3.05, 3.63) is 0 Å². The quantitative estimate of drug-likeness (QED) is 0.616. The number of quaternary nitrogens is 2. The first-order valence-corrected chi connectivity index (χ1v) is 6.66. The highest BCUT2D eigenvalue weighted by molar-refractivity contribution is 4.80. The Morgan fingerprint density at radius 1 is 1.00 bits per heavy atom. The Balaban J connectivity index is 2.21. The van der Waals surface area contributed by atoms with Gasteiger partial charge in [0.15, 0.2) is 0 Å². The van der Waals surface area contributed by atoms with Gasteiger partial charge in [-0.3, -0.25) is 8.97 Å². The molecule has 1 saturated carbocycles. The Labute approximate surface area is 95.0 Å². The molecule has 2 rings (SSSR count). The van der Waals surface area contributed by atoms with Crippen LogP contribution in [0.4, 0.5) is 0 Å². The van der Waals surface area contributed by atoms with E-state index in [1.807, 2.05) is 0 Å². The van der Waals surface area contributed by atoms with Crippen molar-refractivity contribution in [2.45, 2.75) is 51.1 Å². The van der Waals surface area contributed by atoms with E-state index in [0.29, 0.717) is 0 Å². The molecule has 0 spiro atoms.